The first-order valence-corrected chi connectivity index (χ1v) is 9.68. The summed E-state index contributed by atoms with van der Waals surface area (Å²) in [4.78, 5) is 11.1. The van der Waals surface area contributed by atoms with Crippen molar-refractivity contribution in [3.05, 3.63) is 48.2 Å². The molecule has 0 saturated carbocycles. The number of nitrogens with zero attached hydrogens (tertiary/aromatic N) is 3. The molecule has 0 bridgehead atoms. The minimum Gasteiger partial charge on any atom is -0.508 e. The summed E-state index contributed by atoms with van der Waals surface area (Å²) < 4.78 is 5.12. The number of aliphatic imine (C=N–C) groups is 1. The highest BCUT2D eigenvalue weighted by Gasteiger charge is 2.20. The van der Waals surface area contributed by atoms with E-state index >= 15 is 0 Å². The van der Waals surface area contributed by atoms with Crippen LogP contribution in [0.15, 0.2) is 47.6 Å². The number of guanidine groups is 1. The van der Waals surface area contributed by atoms with E-state index in [1.54, 1.807) is 20.2 Å². The number of phenols is 1. The molecule has 8 heteroatoms. The molecule has 1 aromatic heterocycles. The number of anilines is 1. The van der Waals surface area contributed by atoms with Crippen molar-refractivity contribution < 1.29 is 9.84 Å². The lowest BCUT2D eigenvalue weighted by molar-refractivity contribution is 0.406. The van der Waals surface area contributed by atoms with Crippen molar-refractivity contribution in [1.29, 1.82) is 0 Å². The van der Waals surface area contributed by atoms with Gasteiger partial charge in [0.1, 0.15) is 17.3 Å². The van der Waals surface area contributed by atoms with Crippen molar-refractivity contribution in [2.75, 3.05) is 38.7 Å². The Kier molecular flexibility index (Phi) is 9.30. The smallest absolute Gasteiger partial charge is 0.191 e. The molecule has 29 heavy (non-hydrogen) atoms. The fraction of sp³-hybridized carbons (Fsp3) is 0.429. The predicted molar refractivity (Wildman–Crippen MR) is 128 cm³/mol. The fourth-order valence-electron chi connectivity index (χ4n) is 3.38. The summed E-state index contributed by atoms with van der Waals surface area (Å²) in [5.74, 6) is 2.75. The summed E-state index contributed by atoms with van der Waals surface area (Å²) in [7, 11) is 3.37. The summed E-state index contributed by atoms with van der Waals surface area (Å²) in [6.07, 6.45) is 4.62. The third kappa shape index (κ3) is 6.66. The number of pyridine rings is 1. The first kappa shape index (κ1) is 23.1. The van der Waals surface area contributed by atoms with E-state index in [0.29, 0.717) is 24.8 Å². The van der Waals surface area contributed by atoms with Gasteiger partial charge in [0.15, 0.2) is 5.96 Å². The average molecular weight is 511 g/mol. The predicted octanol–water partition coefficient (Wildman–Crippen LogP) is 2.79. The maximum atomic E-state index is 10.1. The summed E-state index contributed by atoms with van der Waals surface area (Å²) in [5, 5.41) is 16.9. The molecule has 2 heterocycles. The van der Waals surface area contributed by atoms with Gasteiger partial charge in [-0.3, -0.25) is 4.99 Å². The largest absolute Gasteiger partial charge is 0.508 e. The Morgan fingerprint density at radius 3 is 2.69 bits per heavy atom. The number of halogens is 1. The summed E-state index contributed by atoms with van der Waals surface area (Å²) >= 11 is 0. The molecule has 3 rings (SSSR count). The number of hydrogen-bond donors (Lipinski definition) is 3. The van der Waals surface area contributed by atoms with E-state index < -0.39 is 0 Å². The Morgan fingerprint density at radius 1 is 1.28 bits per heavy atom. The van der Waals surface area contributed by atoms with Gasteiger partial charge in [-0.05, 0) is 43.0 Å². The van der Waals surface area contributed by atoms with Crippen molar-refractivity contribution >= 4 is 35.8 Å². The molecule has 0 unspecified atom stereocenters. The Hall–Kier alpha value is -2.23. The number of methoxy groups -OCH3 is 1. The average Bonchev–Trinajstić information content (AvgIpc) is 2.75. The summed E-state index contributed by atoms with van der Waals surface area (Å²) in [6.45, 7) is 2.64. The fourth-order valence-corrected chi connectivity index (χ4v) is 3.38. The molecule has 2 aromatic rings. The molecule has 1 aliphatic heterocycles. The van der Waals surface area contributed by atoms with Crippen LogP contribution in [0.4, 0.5) is 5.82 Å². The first-order valence-electron chi connectivity index (χ1n) is 9.68. The molecule has 0 radical (unpaired) electrons. The van der Waals surface area contributed by atoms with Crippen LogP contribution >= 0.6 is 24.0 Å². The lowest BCUT2D eigenvalue weighted by Crippen LogP contribution is -2.49. The molecule has 158 valence electrons. The second-order valence-corrected chi connectivity index (χ2v) is 6.84. The van der Waals surface area contributed by atoms with Crippen LogP contribution in [0.2, 0.25) is 0 Å². The maximum absolute atomic E-state index is 10.1. The third-order valence-corrected chi connectivity index (χ3v) is 5.01. The molecule has 0 aliphatic carbocycles. The standard InChI is InChI=1S/C21H29N5O2.HI/c1-22-21(24-12-8-16-6-7-18(28-2)15-19(16)27)25-17-9-13-26(14-10-17)20-5-3-4-11-23-20;/h3-7,11,15,17,27H,8-10,12-14H2,1-2H3,(H2,22,24,25);1H. The van der Waals surface area contributed by atoms with Crippen LogP contribution in [-0.2, 0) is 6.42 Å². The SMILES string of the molecule is CN=C(NCCc1ccc(OC)cc1O)NC1CCN(c2ccccn2)CC1.I. The number of nitrogens with one attached hydrogen (secondary N) is 2. The molecule has 3 N–H and O–H groups in total. The molecule has 1 aromatic carbocycles. The van der Waals surface area contributed by atoms with Gasteiger partial charge in [-0.15, -0.1) is 24.0 Å². The number of rotatable bonds is 6. The molecule has 1 aliphatic rings. The van der Waals surface area contributed by atoms with Crippen molar-refractivity contribution in [2.24, 2.45) is 4.99 Å². The van der Waals surface area contributed by atoms with Crippen LogP contribution in [0.25, 0.3) is 0 Å². The van der Waals surface area contributed by atoms with Gasteiger partial charge in [0.2, 0.25) is 0 Å². The van der Waals surface area contributed by atoms with E-state index in [1.807, 2.05) is 30.5 Å². The minimum atomic E-state index is 0. The molecule has 1 saturated heterocycles. The molecule has 1 fully saturated rings. The highest BCUT2D eigenvalue weighted by molar-refractivity contribution is 14.0. The lowest BCUT2D eigenvalue weighted by Gasteiger charge is -2.33. The quantitative estimate of drug-likeness (QED) is 0.315. The third-order valence-electron chi connectivity index (χ3n) is 5.01. The van der Waals surface area contributed by atoms with Crippen molar-refractivity contribution in [3.63, 3.8) is 0 Å². The molecular formula is C21H30IN5O2. The van der Waals surface area contributed by atoms with Crippen LogP contribution in [0, 0.1) is 0 Å². The number of benzene rings is 1. The molecule has 0 atom stereocenters. The van der Waals surface area contributed by atoms with Crippen LogP contribution < -0.4 is 20.3 Å². The van der Waals surface area contributed by atoms with Crippen molar-refractivity contribution in [3.8, 4) is 11.5 Å². The zero-order chi connectivity index (χ0) is 19.8. The summed E-state index contributed by atoms with van der Waals surface area (Å²) in [5.41, 5.74) is 0.882. The minimum absolute atomic E-state index is 0. The normalized spacial score (nSPS) is 14.8. The van der Waals surface area contributed by atoms with E-state index in [4.69, 9.17) is 4.74 Å². The Bertz CT molecular complexity index is 780. The van der Waals surface area contributed by atoms with Gasteiger partial charge in [0.25, 0.3) is 0 Å². The second-order valence-electron chi connectivity index (χ2n) is 6.84. The molecule has 0 spiro atoms. The van der Waals surface area contributed by atoms with Gasteiger partial charge in [-0.2, -0.15) is 0 Å². The van der Waals surface area contributed by atoms with Gasteiger partial charge in [0.05, 0.1) is 7.11 Å². The Balaban J connectivity index is 0.00000300. The van der Waals surface area contributed by atoms with Crippen LogP contribution in [-0.4, -0.2) is 55.9 Å². The lowest BCUT2D eigenvalue weighted by atomic mass is 10.1. The molecule has 0 amide bonds. The van der Waals surface area contributed by atoms with Gasteiger partial charge in [-0.25, -0.2) is 4.98 Å². The molecular weight excluding hydrogens is 481 g/mol. The van der Waals surface area contributed by atoms with E-state index in [0.717, 1.165) is 43.3 Å². The van der Waals surface area contributed by atoms with E-state index in [2.05, 4.69) is 31.6 Å². The monoisotopic (exact) mass is 511 g/mol. The van der Waals surface area contributed by atoms with Crippen LogP contribution in [0.1, 0.15) is 18.4 Å². The van der Waals surface area contributed by atoms with Crippen LogP contribution in [0.3, 0.4) is 0 Å². The Morgan fingerprint density at radius 2 is 2.07 bits per heavy atom. The van der Waals surface area contributed by atoms with Gasteiger partial charge in [-0.1, -0.05) is 12.1 Å². The number of hydrogen-bond acceptors (Lipinski definition) is 5. The number of ether oxygens (including phenoxy) is 1. The number of phenolic OH excluding ortho intramolecular Hbond substituents is 1. The zero-order valence-electron chi connectivity index (χ0n) is 17.0. The van der Waals surface area contributed by atoms with Gasteiger partial charge >= 0.3 is 0 Å². The number of aromatic hydroxyl groups is 1. The maximum Gasteiger partial charge on any atom is 0.191 e. The second kappa shape index (κ2) is 11.7. The number of piperidine rings is 1. The van der Waals surface area contributed by atoms with Gasteiger partial charge < -0.3 is 25.4 Å². The molecule has 7 nitrogen and oxygen atoms in total. The highest BCUT2D eigenvalue weighted by atomic mass is 127. The van der Waals surface area contributed by atoms with Gasteiger partial charge in [0, 0.05) is 45.0 Å². The zero-order valence-corrected chi connectivity index (χ0v) is 19.3. The van der Waals surface area contributed by atoms with Crippen molar-refractivity contribution in [1.82, 2.24) is 15.6 Å². The number of aromatic nitrogens is 1. The van der Waals surface area contributed by atoms with E-state index in [9.17, 15) is 5.11 Å². The van der Waals surface area contributed by atoms with Crippen LogP contribution in [0.5, 0.6) is 11.5 Å². The Labute approximate surface area is 189 Å². The van der Waals surface area contributed by atoms with E-state index in [1.165, 1.54) is 0 Å². The highest BCUT2D eigenvalue weighted by Crippen LogP contribution is 2.23. The van der Waals surface area contributed by atoms with E-state index in [-0.39, 0.29) is 29.7 Å². The van der Waals surface area contributed by atoms with Crippen molar-refractivity contribution in [2.45, 2.75) is 25.3 Å². The summed E-state index contributed by atoms with van der Waals surface area (Å²) in [6, 6.07) is 11.8. The topological polar surface area (TPSA) is 82.0 Å². The first-order chi connectivity index (χ1) is 13.7.